The van der Waals surface area contributed by atoms with Gasteiger partial charge < -0.3 is 9.84 Å². The number of carbonyl (C=O) groups is 1. The van der Waals surface area contributed by atoms with Crippen LogP contribution in [0, 0.1) is 23.0 Å². The molecule has 21 heavy (non-hydrogen) atoms. The van der Waals surface area contributed by atoms with Gasteiger partial charge in [-0.3, -0.25) is 0 Å². The van der Waals surface area contributed by atoms with Gasteiger partial charge in [-0.25, -0.2) is 13.6 Å². The lowest BCUT2D eigenvalue weighted by molar-refractivity contribution is 0.0686. The van der Waals surface area contributed by atoms with Crippen LogP contribution in [0.2, 0.25) is 0 Å². The fraction of sp³-hybridized carbons (Fsp3) is 0.0667. The molecule has 0 atom stereocenters. The molecule has 0 saturated carbocycles. The van der Waals surface area contributed by atoms with Crippen molar-refractivity contribution in [3.05, 3.63) is 64.7 Å². The van der Waals surface area contributed by atoms with E-state index < -0.39 is 23.2 Å². The van der Waals surface area contributed by atoms with Crippen molar-refractivity contribution in [2.75, 3.05) is 0 Å². The Bertz CT molecular complexity index is 738. The molecule has 0 aliphatic carbocycles. The van der Waals surface area contributed by atoms with Crippen LogP contribution in [0.4, 0.5) is 8.78 Å². The highest BCUT2D eigenvalue weighted by Crippen LogP contribution is 2.23. The van der Waals surface area contributed by atoms with Gasteiger partial charge in [0.1, 0.15) is 29.6 Å². The van der Waals surface area contributed by atoms with Gasteiger partial charge >= 0.3 is 5.97 Å². The number of benzene rings is 2. The zero-order chi connectivity index (χ0) is 15.4. The third kappa shape index (κ3) is 3.34. The monoisotopic (exact) mass is 289 g/mol. The maximum atomic E-state index is 13.4. The van der Waals surface area contributed by atoms with Gasteiger partial charge in [0.15, 0.2) is 0 Å². The molecule has 0 radical (unpaired) electrons. The summed E-state index contributed by atoms with van der Waals surface area (Å²) in [5, 5.41) is 17.7. The Balaban J connectivity index is 2.25. The van der Waals surface area contributed by atoms with Gasteiger partial charge in [0, 0.05) is 0 Å². The molecular weight excluding hydrogens is 280 g/mol. The van der Waals surface area contributed by atoms with Crippen molar-refractivity contribution in [2.24, 2.45) is 0 Å². The minimum atomic E-state index is -1.46. The first-order valence-corrected chi connectivity index (χ1v) is 5.85. The zero-order valence-electron chi connectivity index (χ0n) is 10.6. The fourth-order valence-electron chi connectivity index (χ4n) is 1.79. The minimum absolute atomic E-state index is 0.117. The van der Waals surface area contributed by atoms with E-state index in [0.717, 1.165) is 18.2 Å². The molecule has 0 spiro atoms. The van der Waals surface area contributed by atoms with Crippen molar-refractivity contribution in [3.8, 4) is 11.8 Å². The largest absolute Gasteiger partial charge is 0.488 e. The number of carboxylic acid groups (broad SMARTS) is 1. The Morgan fingerprint density at radius 1 is 1.29 bits per heavy atom. The van der Waals surface area contributed by atoms with Crippen LogP contribution in [0.5, 0.6) is 5.75 Å². The van der Waals surface area contributed by atoms with E-state index in [1.54, 1.807) is 6.07 Å². The molecule has 0 aromatic heterocycles. The number of halogens is 2. The summed E-state index contributed by atoms with van der Waals surface area (Å²) < 4.78 is 31.9. The highest BCUT2D eigenvalue weighted by Gasteiger charge is 2.17. The van der Waals surface area contributed by atoms with Crippen LogP contribution in [-0.4, -0.2) is 11.1 Å². The lowest BCUT2D eigenvalue weighted by atomic mass is 10.1. The standard InChI is InChI=1S/C15H9F2NO3/c16-11-5-9(7-18)4-10(6-11)8-21-13-3-1-2-12(17)14(13)15(19)20/h1-6H,8H2,(H,19,20). The first-order chi connectivity index (χ1) is 10.0. The smallest absolute Gasteiger partial charge is 0.342 e. The quantitative estimate of drug-likeness (QED) is 0.938. The average Bonchev–Trinajstić information content (AvgIpc) is 2.44. The van der Waals surface area contributed by atoms with Crippen LogP contribution in [0.25, 0.3) is 0 Å². The van der Waals surface area contributed by atoms with Crippen molar-refractivity contribution in [1.29, 1.82) is 5.26 Å². The summed E-state index contributed by atoms with van der Waals surface area (Å²) in [5.74, 6) is -3.15. The van der Waals surface area contributed by atoms with Crippen LogP contribution in [0.3, 0.4) is 0 Å². The summed E-state index contributed by atoms with van der Waals surface area (Å²) in [5.41, 5.74) is -0.132. The van der Waals surface area contributed by atoms with Crippen LogP contribution in [0.15, 0.2) is 36.4 Å². The summed E-state index contributed by atoms with van der Waals surface area (Å²) >= 11 is 0. The first-order valence-electron chi connectivity index (χ1n) is 5.85. The second-order valence-electron chi connectivity index (χ2n) is 4.17. The van der Waals surface area contributed by atoms with Gasteiger partial charge in [0.25, 0.3) is 0 Å². The zero-order valence-corrected chi connectivity index (χ0v) is 10.6. The van der Waals surface area contributed by atoms with Gasteiger partial charge in [-0.1, -0.05) is 6.07 Å². The number of ether oxygens (including phenoxy) is 1. The Kier molecular flexibility index (Phi) is 4.14. The SMILES string of the molecule is N#Cc1cc(F)cc(COc2cccc(F)c2C(=O)O)c1. The number of carboxylic acids is 1. The van der Waals surface area contributed by atoms with Crippen LogP contribution in [0.1, 0.15) is 21.5 Å². The third-order valence-corrected chi connectivity index (χ3v) is 2.67. The second-order valence-corrected chi connectivity index (χ2v) is 4.17. The lowest BCUT2D eigenvalue weighted by Gasteiger charge is -2.10. The molecule has 0 aliphatic rings. The van der Waals surface area contributed by atoms with Gasteiger partial charge in [0.05, 0.1) is 11.6 Å². The molecule has 2 aromatic carbocycles. The van der Waals surface area contributed by atoms with Crippen LogP contribution >= 0.6 is 0 Å². The highest BCUT2D eigenvalue weighted by molar-refractivity contribution is 5.91. The maximum absolute atomic E-state index is 13.4. The Morgan fingerprint density at radius 3 is 2.71 bits per heavy atom. The number of rotatable bonds is 4. The molecule has 2 aromatic rings. The molecular formula is C15H9F2NO3. The molecule has 4 nitrogen and oxygen atoms in total. The third-order valence-electron chi connectivity index (χ3n) is 2.67. The van der Waals surface area contributed by atoms with Gasteiger partial charge in [0.2, 0.25) is 0 Å². The maximum Gasteiger partial charge on any atom is 0.342 e. The van der Waals surface area contributed by atoms with E-state index >= 15 is 0 Å². The molecule has 0 heterocycles. The molecule has 106 valence electrons. The number of nitrogens with zero attached hydrogens (tertiary/aromatic N) is 1. The number of hydrogen-bond donors (Lipinski definition) is 1. The summed E-state index contributed by atoms with van der Waals surface area (Å²) in [6.45, 7) is -0.184. The highest BCUT2D eigenvalue weighted by atomic mass is 19.1. The number of nitriles is 1. The van der Waals surface area contributed by atoms with Crippen molar-refractivity contribution >= 4 is 5.97 Å². The normalized spacial score (nSPS) is 9.95. The number of hydrogen-bond acceptors (Lipinski definition) is 3. The van der Waals surface area contributed by atoms with Crippen molar-refractivity contribution < 1.29 is 23.4 Å². The van der Waals surface area contributed by atoms with Crippen molar-refractivity contribution in [3.63, 3.8) is 0 Å². The lowest BCUT2D eigenvalue weighted by Crippen LogP contribution is -2.06. The van der Waals surface area contributed by atoms with Crippen LogP contribution < -0.4 is 4.74 Å². The molecule has 0 saturated heterocycles. The number of aromatic carboxylic acids is 1. The van der Waals surface area contributed by atoms with E-state index in [2.05, 4.69) is 0 Å². The molecule has 0 bridgehead atoms. The van der Waals surface area contributed by atoms with E-state index in [9.17, 15) is 13.6 Å². The molecule has 0 amide bonds. The Labute approximate surface area is 118 Å². The molecule has 1 N–H and O–H groups in total. The summed E-state index contributed by atoms with van der Waals surface area (Å²) in [6, 6.07) is 9.04. The Hall–Kier alpha value is -2.94. The minimum Gasteiger partial charge on any atom is -0.488 e. The van der Waals surface area contributed by atoms with E-state index in [4.69, 9.17) is 15.1 Å². The predicted octanol–water partition coefficient (Wildman–Crippen LogP) is 3.11. The summed E-state index contributed by atoms with van der Waals surface area (Å²) in [4.78, 5) is 11.0. The first kappa shape index (κ1) is 14.5. The second kappa shape index (κ2) is 6.01. The van der Waals surface area contributed by atoms with Crippen molar-refractivity contribution in [1.82, 2.24) is 0 Å². The van der Waals surface area contributed by atoms with Gasteiger partial charge in [-0.2, -0.15) is 5.26 Å². The van der Waals surface area contributed by atoms with Gasteiger partial charge in [-0.15, -0.1) is 0 Å². The Morgan fingerprint density at radius 2 is 2.05 bits per heavy atom. The van der Waals surface area contributed by atoms with E-state index in [1.165, 1.54) is 18.2 Å². The van der Waals surface area contributed by atoms with Gasteiger partial charge in [-0.05, 0) is 35.9 Å². The molecule has 0 fully saturated rings. The van der Waals surface area contributed by atoms with Crippen LogP contribution in [-0.2, 0) is 6.61 Å². The topological polar surface area (TPSA) is 70.3 Å². The summed E-state index contributed by atoms with van der Waals surface area (Å²) in [7, 11) is 0. The summed E-state index contributed by atoms with van der Waals surface area (Å²) in [6.07, 6.45) is 0. The average molecular weight is 289 g/mol. The van der Waals surface area contributed by atoms with E-state index in [-0.39, 0.29) is 17.9 Å². The van der Waals surface area contributed by atoms with E-state index in [1.807, 2.05) is 0 Å². The van der Waals surface area contributed by atoms with E-state index in [0.29, 0.717) is 5.56 Å². The fourth-order valence-corrected chi connectivity index (χ4v) is 1.79. The molecule has 0 aliphatic heterocycles. The molecule has 2 rings (SSSR count). The van der Waals surface area contributed by atoms with Crippen molar-refractivity contribution in [2.45, 2.75) is 6.61 Å². The predicted molar refractivity (Wildman–Crippen MR) is 68.8 cm³/mol. The molecule has 6 heteroatoms. The molecule has 0 unspecified atom stereocenters.